The molecule has 158 valence electrons. The normalized spacial score (nSPS) is 10.7. The standard InChI is InChI=1S/C21H23ClN4O3S/c1-4-26-19(11-14-5-7-15(22)8-6-14)24-25-21(26)30-13-20(27)23-17-12-16(28-2)9-10-18(17)29-3/h5-10,12H,4,11,13H2,1-3H3,(H,23,27). The zero-order valence-corrected chi connectivity index (χ0v) is 18.6. The van der Waals surface area contributed by atoms with Crippen LogP contribution in [-0.4, -0.2) is 40.6 Å². The van der Waals surface area contributed by atoms with E-state index in [0.29, 0.717) is 40.3 Å². The van der Waals surface area contributed by atoms with Gasteiger partial charge in [0.25, 0.3) is 0 Å². The fourth-order valence-corrected chi connectivity index (χ4v) is 3.83. The van der Waals surface area contributed by atoms with Crippen LogP contribution in [0.1, 0.15) is 18.3 Å². The first-order chi connectivity index (χ1) is 14.5. The van der Waals surface area contributed by atoms with E-state index in [4.69, 9.17) is 21.1 Å². The van der Waals surface area contributed by atoms with Gasteiger partial charge in [-0.25, -0.2) is 0 Å². The third-order valence-corrected chi connectivity index (χ3v) is 5.62. The number of ether oxygens (including phenoxy) is 2. The van der Waals surface area contributed by atoms with E-state index in [9.17, 15) is 4.79 Å². The number of hydrogen-bond acceptors (Lipinski definition) is 6. The molecule has 0 aliphatic heterocycles. The van der Waals surface area contributed by atoms with Crippen molar-refractivity contribution in [1.29, 1.82) is 0 Å². The highest BCUT2D eigenvalue weighted by atomic mass is 35.5. The van der Waals surface area contributed by atoms with Gasteiger partial charge in [0.2, 0.25) is 5.91 Å². The summed E-state index contributed by atoms with van der Waals surface area (Å²) in [7, 11) is 3.13. The van der Waals surface area contributed by atoms with Crippen molar-refractivity contribution in [2.75, 3.05) is 25.3 Å². The van der Waals surface area contributed by atoms with Crippen LogP contribution in [0, 0.1) is 0 Å². The Hall–Kier alpha value is -2.71. The van der Waals surface area contributed by atoms with Crippen molar-refractivity contribution in [1.82, 2.24) is 14.8 Å². The summed E-state index contributed by atoms with van der Waals surface area (Å²) in [4.78, 5) is 12.5. The number of benzene rings is 2. The van der Waals surface area contributed by atoms with E-state index < -0.39 is 0 Å². The van der Waals surface area contributed by atoms with Crippen LogP contribution in [0.3, 0.4) is 0 Å². The number of anilines is 1. The Morgan fingerprint density at radius 2 is 1.90 bits per heavy atom. The molecule has 1 heterocycles. The third-order valence-electron chi connectivity index (χ3n) is 4.40. The van der Waals surface area contributed by atoms with Crippen molar-refractivity contribution >= 4 is 35.0 Å². The fraction of sp³-hybridized carbons (Fsp3) is 0.286. The van der Waals surface area contributed by atoms with Crippen LogP contribution in [-0.2, 0) is 17.8 Å². The quantitative estimate of drug-likeness (QED) is 0.494. The smallest absolute Gasteiger partial charge is 0.234 e. The molecule has 1 N–H and O–H groups in total. The number of rotatable bonds is 9. The van der Waals surface area contributed by atoms with Crippen LogP contribution in [0.4, 0.5) is 5.69 Å². The molecule has 0 fully saturated rings. The number of aromatic nitrogens is 3. The molecule has 0 unspecified atom stereocenters. The molecule has 3 rings (SSSR count). The van der Waals surface area contributed by atoms with Crippen LogP contribution >= 0.6 is 23.4 Å². The van der Waals surface area contributed by atoms with Gasteiger partial charge < -0.3 is 19.4 Å². The lowest BCUT2D eigenvalue weighted by Crippen LogP contribution is -2.15. The van der Waals surface area contributed by atoms with E-state index in [-0.39, 0.29) is 11.7 Å². The van der Waals surface area contributed by atoms with Gasteiger partial charge >= 0.3 is 0 Å². The molecule has 3 aromatic rings. The molecule has 30 heavy (non-hydrogen) atoms. The molecular weight excluding hydrogens is 424 g/mol. The average Bonchev–Trinajstić information content (AvgIpc) is 3.15. The van der Waals surface area contributed by atoms with E-state index in [1.165, 1.54) is 11.8 Å². The number of nitrogens with one attached hydrogen (secondary N) is 1. The number of amides is 1. The highest BCUT2D eigenvalue weighted by Crippen LogP contribution is 2.29. The highest BCUT2D eigenvalue weighted by Gasteiger charge is 2.15. The van der Waals surface area contributed by atoms with Gasteiger partial charge in [-0.15, -0.1) is 10.2 Å². The molecule has 0 aliphatic rings. The maximum Gasteiger partial charge on any atom is 0.234 e. The monoisotopic (exact) mass is 446 g/mol. The fourth-order valence-electron chi connectivity index (χ4n) is 2.89. The third kappa shape index (κ3) is 5.46. The van der Waals surface area contributed by atoms with E-state index in [2.05, 4.69) is 15.5 Å². The van der Waals surface area contributed by atoms with Crippen molar-refractivity contribution in [2.45, 2.75) is 25.0 Å². The molecule has 7 nitrogen and oxygen atoms in total. The van der Waals surface area contributed by atoms with Crippen molar-refractivity contribution in [3.63, 3.8) is 0 Å². The molecule has 1 amide bonds. The summed E-state index contributed by atoms with van der Waals surface area (Å²) in [5, 5.41) is 12.8. The number of methoxy groups -OCH3 is 2. The zero-order valence-electron chi connectivity index (χ0n) is 17.0. The molecule has 9 heteroatoms. The Bertz CT molecular complexity index is 1010. The average molecular weight is 447 g/mol. The molecule has 0 saturated carbocycles. The van der Waals surface area contributed by atoms with Crippen molar-refractivity contribution < 1.29 is 14.3 Å². The molecule has 0 atom stereocenters. The minimum absolute atomic E-state index is 0.170. The maximum absolute atomic E-state index is 12.5. The summed E-state index contributed by atoms with van der Waals surface area (Å²) in [6.45, 7) is 2.74. The number of thioether (sulfide) groups is 1. The predicted molar refractivity (Wildman–Crippen MR) is 119 cm³/mol. The number of hydrogen-bond donors (Lipinski definition) is 1. The van der Waals surface area contributed by atoms with Gasteiger partial charge in [0.05, 0.1) is 25.7 Å². The van der Waals surface area contributed by atoms with Gasteiger partial charge in [-0.05, 0) is 36.8 Å². The summed E-state index contributed by atoms with van der Waals surface area (Å²) in [5.74, 6) is 2.07. The Morgan fingerprint density at radius 1 is 1.13 bits per heavy atom. The van der Waals surface area contributed by atoms with Crippen LogP contribution < -0.4 is 14.8 Å². The van der Waals surface area contributed by atoms with Gasteiger partial charge in [0.1, 0.15) is 17.3 Å². The van der Waals surface area contributed by atoms with E-state index in [1.807, 2.05) is 35.8 Å². The van der Waals surface area contributed by atoms with Crippen LogP contribution in [0.5, 0.6) is 11.5 Å². The van der Waals surface area contributed by atoms with Crippen LogP contribution in [0.25, 0.3) is 0 Å². The maximum atomic E-state index is 12.5. The van der Waals surface area contributed by atoms with Gasteiger partial charge in [0.15, 0.2) is 5.16 Å². The molecular formula is C21H23ClN4O3S. The summed E-state index contributed by atoms with van der Waals surface area (Å²) >= 11 is 7.29. The number of carbonyl (C=O) groups is 1. The molecule has 0 saturated heterocycles. The lowest BCUT2D eigenvalue weighted by Gasteiger charge is -2.12. The summed E-state index contributed by atoms with van der Waals surface area (Å²) in [5.41, 5.74) is 1.66. The summed E-state index contributed by atoms with van der Waals surface area (Å²) < 4.78 is 12.5. The first-order valence-corrected chi connectivity index (χ1v) is 10.7. The van der Waals surface area contributed by atoms with Crippen LogP contribution in [0.15, 0.2) is 47.6 Å². The van der Waals surface area contributed by atoms with Gasteiger partial charge in [-0.2, -0.15) is 0 Å². The van der Waals surface area contributed by atoms with Gasteiger partial charge in [-0.3, -0.25) is 4.79 Å². The highest BCUT2D eigenvalue weighted by molar-refractivity contribution is 7.99. The minimum atomic E-state index is -0.170. The van der Waals surface area contributed by atoms with Crippen LogP contribution in [0.2, 0.25) is 5.02 Å². The molecule has 0 bridgehead atoms. The number of halogens is 1. The van der Waals surface area contributed by atoms with Crippen molar-refractivity contribution in [2.24, 2.45) is 0 Å². The first kappa shape index (κ1) is 22.0. The lowest BCUT2D eigenvalue weighted by molar-refractivity contribution is -0.113. The molecule has 0 spiro atoms. The van der Waals surface area contributed by atoms with Gasteiger partial charge in [0, 0.05) is 24.1 Å². The molecule has 2 aromatic carbocycles. The van der Waals surface area contributed by atoms with Gasteiger partial charge in [-0.1, -0.05) is 35.5 Å². The second-order valence-corrected chi connectivity index (χ2v) is 7.73. The minimum Gasteiger partial charge on any atom is -0.497 e. The molecule has 0 aliphatic carbocycles. The van der Waals surface area contributed by atoms with Crippen molar-refractivity contribution in [3.05, 3.63) is 58.9 Å². The number of carbonyl (C=O) groups excluding carboxylic acids is 1. The SMILES string of the molecule is CCn1c(Cc2ccc(Cl)cc2)nnc1SCC(=O)Nc1cc(OC)ccc1OC. The molecule has 0 radical (unpaired) electrons. The number of nitrogens with zero attached hydrogens (tertiary/aromatic N) is 3. The lowest BCUT2D eigenvalue weighted by atomic mass is 10.1. The Labute approximate surface area is 184 Å². The van der Waals surface area contributed by atoms with Crippen molar-refractivity contribution in [3.8, 4) is 11.5 Å². The zero-order chi connectivity index (χ0) is 21.5. The first-order valence-electron chi connectivity index (χ1n) is 9.35. The Morgan fingerprint density at radius 3 is 2.57 bits per heavy atom. The largest absolute Gasteiger partial charge is 0.497 e. The second kappa shape index (κ2) is 10.4. The predicted octanol–water partition coefficient (Wildman–Crippen LogP) is 4.29. The second-order valence-electron chi connectivity index (χ2n) is 6.35. The Kier molecular flexibility index (Phi) is 7.59. The van der Waals surface area contributed by atoms with E-state index >= 15 is 0 Å². The molecule has 1 aromatic heterocycles. The summed E-state index contributed by atoms with van der Waals surface area (Å²) in [6.07, 6.45) is 0.645. The van der Waals surface area contributed by atoms with E-state index in [0.717, 1.165) is 11.4 Å². The van der Waals surface area contributed by atoms with E-state index in [1.54, 1.807) is 32.4 Å². The Balaban J connectivity index is 1.65. The topological polar surface area (TPSA) is 78.3 Å². The summed E-state index contributed by atoms with van der Waals surface area (Å²) in [6, 6.07) is 12.9.